The molecule has 0 unspecified atom stereocenters. The monoisotopic (exact) mass is 642 g/mol. The molecule has 198 valence electrons. The molecule has 0 radical (unpaired) electrons. The van der Waals surface area contributed by atoms with Crippen LogP contribution in [0, 0.1) is 5.41 Å². The third kappa shape index (κ3) is 7.04. The van der Waals surface area contributed by atoms with Crippen LogP contribution in [0.5, 0.6) is 0 Å². The molecular weight excluding hydrogens is 599 g/mol. The van der Waals surface area contributed by atoms with Gasteiger partial charge in [0, 0.05) is 9.84 Å². The van der Waals surface area contributed by atoms with Crippen molar-refractivity contribution < 1.29 is 9.47 Å². The average Bonchev–Trinajstić information content (AvgIpc) is 3.21. The maximum absolute atomic E-state index is 6.49. The third-order valence-corrected chi connectivity index (χ3v) is 12.5. The first-order chi connectivity index (χ1) is 17.5. The molecule has 3 aromatic rings. The van der Waals surface area contributed by atoms with Crippen molar-refractivity contribution in [2.75, 3.05) is 13.2 Å². The van der Waals surface area contributed by atoms with E-state index in [-0.39, 0.29) is 5.41 Å². The van der Waals surface area contributed by atoms with Crippen LogP contribution in [0.3, 0.4) is 0 Å². The van der Waals surface area contributed by atoms with Crippen molar-refractivity contribution in [3.05, 3.63) is 94.5 Å². The van der Waals surface area contributed by atoms with E-state index in [9.17, 15) is 0 Å². The Kier molecular flexibility index (Phi) is 9.22. The molecule has 0 heterocycles. The molecule has 37 heavy (non-hydrogen) atoms. The van der Waals surface area contributed by atoms with E-state index in [0.29, 0.717) is 13.2 Å². The van der Waals surface area contributed by atoms with Crippen molar-refractivity contribution in [3.8, 4) is 0 Å². The number of ether oxygens (including phenoxy) is 2. The van der Waals surface area contributed by atoms with Gasteiger partial charge in [0.15, 0.2) is 0 Å². The van der Waals surface area contributed by atoms with Gasteiger partial charge in [0.2, 0.25) is 0 Å². The van der Waals surface area contributed by atoms with Gasteiger partial charge in [-0.3, -0.25) is 0 Å². The van der Waals surface area contributed by atoms with Gasteiger partial charge >= 0.3 is 0 Å². The van der Waals surface area contributed by atoms with Crippen molar-refractivity contribution >= 4 is 49.1 Å². The van der Waals surface area contributed by atoms with Gasteiger partial charge in [0.05, 0.1) is 42.6 Å². The molecule has 0 fully saturated rings. The smallest absolute Gasteiger partial charge is 0.0783 e. The maximum atomic E-state index is 6.49. The molecule has 1 aliphatic carbocycles. The molecule has 0 spiro atoms. The average molecular weight is 643 g/mol. The molecule has 0 amide bonds. The van der Waals surface area contributed by atoms with Crippen LogP contribution in [0.4, 0.5) is 0 Å². The molecule has 0 saturated carbocycles. The minimum atomic E-state index is -1.54. The fourth-order valence-electron chi connectivity index (χ4n) is 5.92. The highest BCUT2D eigenvalue weighted by Gasteiger charge is 2.44. The van der Waals surface area contributed by atoms with E-state index in [1.807, 2.05) is 0 Å². The van der Waals surface area contributed by atoms with Gasteiger partial charge < -0.3 is 9.47 Å². The molecule has 0 saturated heterocycles. The number of hydrogen-bond acceptors (Lipinski definition) is 2. The van der Waals surface area contributed by atoms with Gasteiger partial charge in [-0.2, -0.15) is 0 Å². The molecule has 5 heteroatoms. The van der Waals surface area contributed by atoms with Crippen molar-refractivity contribution in [3.63, 3.8) is 0 Å². The minimum Gasteiger partial charge on any atom is -0.376 e. The lowest BCUT2D eigenvalue weighted by Crippen LogP contribution is -2.48. The molecule has 4 rings (SSSR count). The Bertz CT molecular complexity index is 1140. The van der Waals surface area contributed by atoms with Gasteiger partial charge in [-0.1, -0.05) is 139 Å². The first kappa shape index (κ1) is 28.7. The second-order valence-corrected chi connectivity index (χ2v) is 23.7. The number of hydrogen-bond donors (Lipinski definition) is 0. The largest absolute Gasteiger partial charge is 0.376 e. The van der Waals surface area contributed by atoms with Crippen molar-refractivity contribution in [1.29, 1.82) is 0 Å². The second kappa shape index (κ2) is 11.9. The Balaban J connectivity index is 1.68. The highest BCUT2D eigenvalue weighted by molar-refractivity contribution is 14.1. The summed E-state index contributed by atoms with van der Waals surface area (Å²) in [4.78, 5) is 0. The van der Waals surface area contributed by atoms with Crippen LogP contribution in [0.1, 0.15) is 27.8 Å². The number of benzene rings is 3. The Morgan fingerprint density at radius 2 is 1.19 bits per heavy atom. The highest BCUT2D eigenvalue weighted by Crippen LogP contribution is 2.39. The zero-order valence-electron chi connectivity index (χ0n) is 23.5. The van der Waals surface area contributed by atoms with E-state index >= 15 is 0 Å². The van der Waals surface area contributed by atoms with Crippen LogP contribution in [0.2, 0.25) is 39.3 Å². The molecule has 0 bridgehead atoms. The van der Waals surface area contributed by atoms with Gasteiger partial charge in [0.25, 0.3) is 0 Å². The van der Waals surface area contributed by atoms with Gasteiger partial charge in [-0.05, 0) is 40.7 Å². The van der Waals surface area contributed by atoms with E-state index in [4.69, 9.17) is 9.47 Å². The van der Waals surface area contributed by atoms with E-state index in [2.05, 4.69) is 129 Å². The standard InChI is InChI=1S/C32H43IO2Si2/c1-36(2,3)30-17-27(20-33)31(37(4,5)6)29-19-32(18-28(29)30,23-34-21-25-13-9-7-10-14-25)24-35-22-26-15-11-8-12-16-26/h7-17H,18-24H2,1-6H3. The van der Waals surface area contributed by atoms with Crippen LogP contribution in [-0.2, 0) is 40.0 Å². The van der Waals surface area contributed by atoms with Crippen LogP contribution < -0.4 is 10.4 Å². The normalized spacial score (nSPS) is 15.1. The Morgan fingerprint density at radius 1 is 0.703 bits per heavy atom. The Morgan fingerprint density at radius 3 is 1.62 bits per heavy atom. The summed E-state index contributed by atoms with van der Waals surface area (Å²) in [5, 5.41) is 3.36. The Labute approximate surface area is 240 Å². The lowest BCUT2D eigenvalue weighted by atomic mass is 9.86. The summed E-state index contributed by atoms with van der Waals surface area (Å²) in [6.45, 7) is 17.8. The quantitative estimate of drug-likeness (QED) is 0.125. The zero-order chi connectivity index (χ0) is 26.7. The maximum Gasteiger partial charge on any atom is 0.0783 e. The fraction of sp³-hybridized carbons (Fsp3) is 0.438. The summed E-state index contributed by atoms with van der Waals surface area (Å²) in [5.41, 5.74) is 7.31. The lowest BCUT2D eigenvalue weighted by molar-refractivity contribution is -0.0279. The molecule has 1 aliphatic rings. The van der Waals surface area contributed by atoms with Gasteiger partial charge in [0.1, 0.15) is 0 Å². The molecule has 0 aromatic heterocycles. The van der Waals surface area contributed by atoms with E-state index in [1.54, 1.807) is 27.1 Å². The summed E-state index contributed by atoms with van der Waals surface area (Å²) in [7, 11) is -3.06. The number of rotatable bonds is 11. The number of alkyl halides is 1. The molecule has 0 aliphatic heterocycles. The predicted molar refractivity (Wildman–Crippen MR) is 172 cm³/mol. The third-order valence-electron chi connectivity index (χ3n) is 7.48. The Hall–Kier alpha value is -1.26. The van der Waals surface area contributed by atoms with Crippen LogP contribution in [0.15, 0.2) is 66.7 Å². The van der Waals surface area contributed by atoms with E-state index < -0.39 is 16.1 Å². The summed E-state index contributed by atoms with van der Waals surface area (Å²) in [6.07, 6.45) is 2.12. The van der Waals surface area contributed by atoms with Crippen molar-refractivity contribution in [2.24, 2.45) is 5.41 Å². The summed E-state index contributed by atoms with van der Waals surface area (Å²) >= 11 is 2.58. The van der Waals surface area contributed by atoms with Crippen molar-refractivity contribution in [1.82, 2.24) is 0 Å². The molecule has 2 nitrogen and oxygen atoms in total. The summed E-state index contributed by atoms with van der Waals surface area (Å²) in [6, 6.07) is 23.7. The van der Waals surface area contributed by atoms with Crippen LogP contribution in [0.25, 0.3) is 0 Å². The topological polar surface area (TPSA) is 18.5 Å². The number of fused-ring (bicyclic) bond motifs is 1. The summed E-state index contributed by atoms with van der Waals surface area (Å²) < 4.78 is 14.1. The molecular formula is C32H43IO2Si2. The predicted octanol–water partition coefficient (Wildman–Crippen LogP) is 7.23. The highest BCUT2D eigenvalue weighted by atomic mass is 127. The fourth-order valence-corrected chi connectivity index (χ4v) is 10.9. The van der Waals surface area contributed by atoms with E-state index in [0.717, 1.165) is 30.5 Å². The molecule has 0 atom stereocenters. The zero-order valence-corrected chi connectivity index (χ0v) is 27.7. The molecule has 0 N–H and O–H groups in total. The first-order valence-electron chi connectivity index (χ1n) is 13.5. The van der Waals surface area contributed by atoms with Crippen LogP contribution in [-0.4, -0.2) is 29.4 Å². The van der Waals surface area contributed by atoms with Gasteiger partial charge in [-0.15, -0.1) is 0 Å². The van der Waals surface area contributed by atoms with Crippen LogP contribution >= 0.6 is 22.6 Å². The van der Waals surface area contributed by atoms with Crippen molar-refractivity contribution in [2.45, 2.75) is 69.8 Å². The molecule has 3 aromatic carbocycles. The SMILES string of the molecule is C[Si](C)(C)c1cc(CI)c([Si](C)(C)C)c2c1CC(COCc1ccccc1)(COCc1ccccc1)C2. The first-order valence-corrected chi connectivity index (χ1v) is 22.0. The summed E-state index contributed by atoms with van der Waals surface area (Å²) in [5.74, 6) is 0. The van der Waals surface area contributed by atoms with E-state index in [1.165, 1.54) is 11.1 Å². The second-order valence-electron chi connectivity index (χ2n) is 12.9. The minimum absolute atomic E-state index is 0.0292. The lowest BCUT2D eigenvalue weighted by Gasteiger charge is -2.30. The van der Waals surface area contributed by atoms with Gasteiger partial charge in [-0.25, -0.2) is 0 Å². The number of halogens is 1.